The summed E-state index contributed by atoms with van der Waals surface area (Å²) in [5.74, 6) is 0.918. The van der Waals surface area contributed by atoms with Crippen molar-refractivity contribution in [1.82, 2.24) is 0 Å². The van der Waals surface area contributed by atoms with Gasteiger partial charge in [-0.15, -0.1) is 0 Å². The van der Waals surface area contributed by atoms with E-state index in [0.29, 0.717) is 11.8 Å². The fourth-order valence-corrected chi connectivity index (χ4v) is 21.2. The molecule has 0 N–H and O–H groups in total. The monoisotopic (exact) mass is 585 g/mol. The van der Waals surface area contributed by atoms with E-state index in [2.05, 4.69) is 84.2 Å². The third-order valence-electron chi connectivity index (χ3n) is 7.19. The molecule has 0 aromatic heterocycles. The molecule has 0 aromatic rings. The molecule has 3 unspecified atom stereocenters. The van der Waals surface area contributed by atoms with Crippen molar-refractivity contribution in [1.29, 1.82) is 0 Å². The van der Waals surface area contributed by atoms with E-state index in [1.54, 1.807) is 10.7 Å². The number of hydrogen-bond donors (Lipinski definition) is 0. The Morgan fingerprint density at radius 2 is 1.85 bits per heavy atom. The standard InChI is InChI=1S/C23H31Si.2ClH.Hf/c1-15(2)23(5)21(18-12-8-9-13-18)19-14-10-11-16(3)17(4)20(19)22(23)24(6)7;;;/h8-12,14-15,17H,13H2,1-7H3;2*1H;/q;;;+2/p-2. The summed E-state index contributed by atoms with van der Waals surface area (Å²) >= 11 is -3.01. The Morgan fingerprint density at radius 3 is 2.33 bits per heavy atom. The van der Waals surface area contributed by atoms with Crippen molar-refractivity contribution in [2.24, 2.45) is 17.3 Å². The minimum atomic E-state index is -3.01. The molecule has 0 nitrogen and oxygen atoms in total. The van der Waals surface area contributed by atoms with Crippen molar-refractivity contribution in [3.05, 3.63) is 58.7 Å². The number of hydrogen-bond acceptors (Lipinski definition) is 0. The van der Waals surface area contributed by atoms with Crippen LogP contribution in [0.15, 0.2) is 58.7 Å². The van der Waals surface area contributed by atoms with Gasteiger partial charge in [0.05, 0.1) is 0 Å². The molecule has 0 amide bonds. The quantitative estimate of drug-likeness (QED) is 0.300. The summed E-state index contributed by atoms with van der Waals surface area (Å²) in [5, 5.41) is 1.70. The Bertz CT molecular complexity index is 836. The van der Waals surface area contributed by atoms with Gasteiger partial charge in [0.2, 0.25) is 0 Å². The van der Waals surface area contributed by atoms with E-state index in [9.17, 15) is 0 Å². The maximum atomic E-state index is 7.20. The number of rotatable bonds is 3. The van der Waals surface area contributed by atoms with Gasteiger partial charge in [0, 0.05) is 0 Å². The third kappa shape index (κ3) is 2.95. The Kier molecular flexibility index (Phi) is 6.35. The predicted octanol–water partition coefficient (Wildman–Crippen LogP) is 7.59. The fraction of sp³-hybridized carbons (Fsp3) is 0.522. The average Bonchev–Trinajstić information content (AvgIpc) is 3.14. The van der Waals surface area contributed by atoms with E-state index in [-0.39, 0.29) is 8.59 Å². The fourth-order valence-electron chi connectivity index (χ4n) is 5.58. The first kappa shape index (κ1) is 21.9. The zero-order chi connectivity index (χ0) is 20.1. The first-order chi connectivity index (χ1) is 12.6. The van der Waals surface area contributed by atoms with Crippen LogP contribution in [0.25, 0.3) is 0 Å². The van der Waals surface area contributed by atoms with Crippen molar-refractivity contribution < 1.29 is 19.1 Å². The van der Waals surface area contributed by atoms with E-state index in [1.807, 2.05) is 0 Å². The molecule has 0 radical (unpaired) electrons. The van der Waals surface area contributed by atoms with Crippen molar-refractivity contribution in [2.45, 2.75) is 57.3 Å². The van der Waals surface area contributed by atoms with Crippen LogP contribution in [0.4, 0.5) is 0 Å². The van der Waals surface area contributed by atoms with Crippen molar-refractivity contribution in [3.8, 4) is 0 Å². The van der Waals surface area contributed by atoms with Gasteiger partial charge in [0.15, 0.2) is 0 Å². The summed E-state index contributed by atoms with van der Waals surface area (Å²) in [6.07, 6.45) is 14.7. The molecule has 4 heteroatoms. The van der Waals surface area contributed by atoms with Gasteiger partial charge in [-0.2, -0.15) is 0 Å². The first-order valence-electron chi connectivity index (χ1n) is 9.94. The second kappa shape index (κ2) is 7.82. The zero-order valence-electron chi connectivity index (χ0n) is 17.6. The maximum absolute atomic E-state index is 7.20. The molecule has 27 heavy (non-hydrogen) atoms. The molecule has 145 valence electrons. The minimum absolute atomic E-state index is 0.00904. The molecule has 0 saturated carbocycles. The van der Waals surface area contributed by atoms with Crippen LogP contribution >= 0.6 is 17.2 Å². The van der Waals surface area contributed by atoms with Gasteiger partial charge in [-0.25, -0.2) is 0 Å². The normalized spacial score (nSPS) is 32.7. The molecule has 0 heterocycles. The molecule has 0 bridgehead atoms. The first-order valence-corrected chi connectivity index (χ1v) is 23.1. The molecule has 0 aliphatic heterocycles. The van der Waals surface area contributed by atoms with Crippen molar-refractivity contribution in [3.63, 3.8) is 0 Å². The van der Waals surface area contributed by atoms with Crippen LogP contribution in [-0.2, 0) is 19.1 Å². The Hall–Kier alpha value is 0.237. The number of allylic oxidation sites excluding steroid dienone is 10. The Morgan fingerprint density at radius 1 is 1.19 bits per heavy atom. The molecule has 3 aliphatic carbocycles. The van der Waals surface area contributed by atoms with Gasteiger partial charge in [0.1, 0.15) is 0 Å². The molecule has 3 aliphatic rings. The van der Waals surface area contributed by atoms with Gasteiger partial charge in [-0.05, 0) is 0 Å². The summed E-state index contributed by atoms with van der Waals surface area (Å²) in [4.78, 5) is 0. The van der Waals surface area contributed by atoms with Crippen molar-refractivity contribution in [2.75, 3.05) is 0 Å². The SMILES string of the molecule is CC1=CC=CC2=C(C(=[Si](C)C)C(C)(C(C)C)[C]2(C2=CC=CC2)[Hf]([Cl])[Cl])C1C. The van der Waals surface area contributed by atoms with Crippen LogP contribution in [0.5, 0.6) is 0 Å². The molecular formula is C23H31Cl2HfSi. The van der Waals surface area contributed by atoms with Crippen LogP contribution in [0.3, 0.4) is 0 Å². The summed E-state index contributed by atoms with van der Waals surface area (Å²) in [7, 11) is 13.7. The van der Waals surface area contributed by atoms with Crippen LogP contribution in [0.1, 0.15) is 41.0 Å². The van der Waals surface area contributed by atoms with E-state index >= 15 is 0 Å². The second-order valence-corrected chi connectivity index (χ2v) is 23.7. The van der Waals surface area contributed by atoms with Crippen LogP contribution < -0.4 is 0 Å². The average molecular weight is 585 g/mol. The summed E-state index contributed by atoms with van der Waals surface area (Å²) in [5.41, 5.74) is 5.95. The molecule has 0 aromatic carbocycles. The summed E-state index contributed by atoms with van der Waals surface area (Å²) in [6.45, 7) is 16.8. The molecule has 3 rings (SSSR count). The number of halogens is 2. The van der Waals surface area contributed by atoms with Gasteiger partial charge in [-0.3, -0.25) is 0 Å². The van der Waals surface area contributed by atoms with E-state index in [0.717, 1.165) is 6.42 Å². The van der Waals surface area contributed by atoms with Crippen LogP contribution in [0.2, 0.25) is 16.3 Å². The van der Waals surface area contributed by atoms with Crippen LogP contribution in [-0.4, -0.2) is 13.6 Å². The topological polar surface area (TPSA) is 0 Å². The van der Waals surface area contributed by atoms with Gasteiger partial charge >= 0.3 is 183 Å². The van der Waals surface area contributed by atoms with E-state index in [4.69, 9.17) is 17.2 Å². The van der Waals surface area contributed by atoms with Crippen LogP contribution in [0, 0.1) is 17.3 Å². The molecule has 3 atom stereocenters. The van der Waals surface area contributed by atoms with E-state index in [1.165, 1.54) is 16.7 Å². The zero-order valence-corrected chi connectivity index (χ0v) is 23.7. The van der Waals surface area contributed by atoms with E-state index < -0.39 is 27.5 Å². The molecule has 0 spiro atoms. The third-order valence-corrected chi connectivity index (χ3v) is 19.6. The Balaban J connectivity index is 2.49. The molecular weight excluding hydrogens is 554 g/mol. The summed E-state index contributed by atoms with van der Waals surface area (Å²) < 4.78 is -0.158. The molecule has 0 saturated heterocycles. The summed E-state index contributed by atoms with van der Waals surface area (Å²) in [6, 6.07) is 0. The Labute approximate surface area is 182 Å². The predicted molar refractivity (Wildman–Crippen MR) is 121 cm³/mol. The second-order valence-electron chi connectivity index (χ2n) is 8.89. The van der Waals surface area contributed by atoms with Gasteiger partial charge < -0.3 is 0 Å². The van der Waals surface area contributed by atoms with Crippen molar-refractivity contribution >= 4 is 30.7 Å². The molecule has 0 fully saturated rings. The van der Waals surface area contributed by atoms with Gasteiger partial charge in [0.25, 0.3) is 0 Å². The van der Waals surface area contributed by atoms with Gasteiger partial charge in [-0.1, -0.05) is 0 Å².